The predicted molar refractivity (Wildman–Crippen MR) is 86.3 cm³/mol. The van der Waals surface area contributed by atoms with Gasteiger partial charge in [0.05, 0.1) is 11.0 Å². The lowest BCUT2D eigenvalue weighted by Crippen LogP contribution is -2.35. The van der Waals surface area contributed by atoms with E-state index in [1.54, 1.807) is 0 Å². The maximum atomic E-state index is 6.19. The topological polar surface area (TPSA) is 43.8 Å². The molecule has 21 heavy (non-hydrogen) atoms. The van der Waals surface area contributed by atoms with Gasteiger partial charge in [0.25, 0.3) is 0 Å². The Labute approximate surface area is 126 Å². The Hall–Kier alpha value is -1.35. The lowest BCUT2D eigenvalue weighted by Gasteiger charge is -2.36. The third-order valence-electron chi connectivity index (χ3n) is 5.46. The van der Waals surface area contributed by atoms with Gasteiger partial charge in [-0.1, -0.05) is 31.4 Å². The first-order chi connectivity index (χ1) is 10.3. The molecule has 3 heteroatoms. The molecule has 0 spiro atoms. The van der Waals surface area contributed by atoms with Gasteiger partial charge in [-0.2, -0.15) is 0 Å². The van der Waals surface area contributed by atoms with Gasteiger partial charge in [-0.15, -0.1) is 0 Å². The first kappa shape index (κ1) is 13.3. The maximum Gasteiger partial charge on any atom is 0.110 e. The lowest BCUT2D eigenvalue weighted by molar-refractivity contribution is 0.192. The summed E-state index contributed by atoms with van der Waals surface area (Å²) in [6.07, 6.45) is 10.3. The fraction of sp³-hybridized carbons (Fsp3) is 0.611. The van der Waals surface area contributed by atoms with Crippen LogP contribution in [0, 0.1) is 5.41 Å². The van der Waals surface area contributed by atoms with Crippen LogP contribution in [-0.4, -0.2) is 16.1 Å². The van der Waals surface area contributed by atoms with E-state index in [1.165, 1.54) is 56.3 Å². The Kier molecular flexibility index (Phi) is 3.26. The Morgan fingerprint density at radius 2 is 1.90 bits per heavy atom. The Morgan fingerprint density at radius 3 is 2.62 bits per heavy atom. The first-order valence-corrected chi connectivity index (χ1v) is 8.47. The van der Waals surface area contributed by atoms with Crippen molar-refractivity contribution in [2.24, 2.45) is 11.1 Å². The van der Waals surface area contributed by atoms with E-state index in [0.717, 1.165) is 18.5 Å². The van der Waals surface area contributed by atoms with Crippen molar-refractivity contribution >= 4 is 11.0 Å². The molecule has 3 nitrogen and oxygen atoms in total. The molecule has 0 atom stereocenters. The second-order valence-corrected chi connectivity index (χ2v) is 7.06. The van der Waals surface area contributed by atoms with Gasteiger partial charge in [-0.05, 0) is 49.8 Å². The molecule has 0 bridgehead atoms. The van der Waals surface area contributed by atoms with E-state index in [4.69, 9.17) is 10.7 Å². The highest BCUT2D eigenvalue weighted by Crippen LogP contribution is 2.42. The van der Waals surface area contributed by atoms with Crippen LogP contribution in [0.15, 0.2) is 24.3 Å². The minimum atomic E-state index is 0.298. The van der Waals surface area contributed by atoms with Crippen LogP contribution in [0.5, 0.6) is 0 Å². The molecule has 112 valence electrons. The van der Waals surface area contributed by atoms with Crippen molar-refractivity contribution in [1.29, 1.82) is 0 Å². The number of benzene rings is 1. The van der Waals surface area contributed by atoms with Gasteiger partial charge in [0, 0.05) is 12.5 Å². The second-order valence-electron chi connectivity index (χ2n) is 7.06. The van der Waals surface area contributed by atoms with E-state index in [-0.39, 0.29) is 0 Å². The van der Waals surface area contributed by atoms with Crippen molar-refractivity contribution in [2.75, 3.05) is 6.54 Å². The average Bonchev–Trinajstić information content (AvgIpc) is 3.29. The summed E-state index contributed by atoms with van der Waals surface area (Å²) in [5, 5.41) is 0. The van der Waals surface area contributed by atoms with Gasteiger partial charge in [-0.3, -0.25) is 0 Å². The smallest absolute Gasteiger partial charge is 0.110 e. The zero-order valence-corrected chi connectivity index (χ0v) is 12.7. The molecule has 2 aromatic rings. The van der Waals surface area contributed by atoms with Crippen LogP contribution in [-0.2, 0) is 6.42 Å². The van der Waals surface area contributed by atoms with E-state index in [2.05, 4.69) is 28.8 Å². The summed E-state index contributed by atoms with van der Waals surface area (Å²) in [5.74, 6) is 1.28. The summed E-state index contributed by atoms with van der Waals surface area (Å²) >= 11 is 0. The molecule has 2 fully saturated rings. The Morgan fingerprint density at radius 1 is 1.14 bits per heavy atom. The van der Waals surface area contributed by atoms with Crippen molar-refractivity contribution in [3.05, 3.63) is 30.1 Å². The highest BCUT2D eigenvalue weighted by Gasteiger charge is 2.35. The first-order valence-electron chi connectivity index (χ1n) is 8.47. The van der Waals surface area contributed by atoms with Gasteiger partial charge in [-0.25, -0.2) is 4.98 Å². The molecular formula is C18H25N3. The lowest BCUT2D eigenvalue weighted by atomic mass is 9.71. The third-order valence-corrected chi connectivity index (χ3v) is 5.46. The van der Waals surface area contributed by atoms with Crippen LogP contribution in [0.4, 0.5) is 0 Å². The van der Waals surface area contributed by atoms with Gasteiger partial charge in [0.15, 0.2) is 0 Å². The molecule has 0 amide bonds. The van der Waals surface area contributed by atoms with E-state index in [9.17, 15) is 0 Å². The molecule has 0 radical (unpaired) electrons. The monoisotopic (exact) mass is 283 g/mol. The number of nitrogens with zero attached hydrogens (tertiary/aromatic N) is 2. The van der Waals surface area contributed by atoms with Crippen LogP contribution in [0.1, 0.15) is 56.8 Å². The van der Waals surface area contributed by atoms with Crippen molar-refractivity contribution in [1.82, 2.24) is 9.55 Å². The predicted octanol–water partition coefficient (Wildman–Crippen LogP) is 3.82. The van der Waals surface area contributed by atoms with Crippen molar-refractivity contribution in [3.63, 3.8) is 0 Å². The number of imidazole rings is 1. The fourth-order valence-electron chi connectivity index (χ4n) is 4.05. The molecule has 4 rings (SSSR count). The number of rotatable bonds is 4. The largest absolute Gasteiger partial charge is 0.330 e. The standard InChI is InChI=1S/C18H25N3/c19-13-18(10-4-1-5-11-18)12-17-20-15-6-2-3-7-16(15)21(17)14-8-9-14/h2-3,6-7,14H,1,4-5,8-13,19H2. The second kappa shape index (κ2) is 5.13. The van der Waals surface area contributed by atoms with Crippen LogP contribution in [0.25, 0.3) is 11.0 Å². The number of hydrogen-bond acceptors (Lipinski definition) is 2. The molecule has 2 aliphatic rings. The molecule has 0 saturated heterocycles. The van der Waals surface area contributed by atoms with Gasteiger partial charge in [0.2, 0.25) is 0 Å². The van der Waals surface area contributed by atoms with E-state index in [1.807, 2.05) is 0 Å². The van der Waals surface area contributed by atoms with E-state index < -0.39 is 0 Å². The van der Waals surface area contributed by atoms with E-state index >= 15 is 0 Å². The molecule has 1 aromatic carbocycles. The highest BCUT2D eigenvalue weighted by molar-refractivity contribution is 5.76. The number of hydrogen-bond donors (Lipinski definition) is 1. The molecule has 2 N–H and O–H groups in total. The summed E-state index contributed by atoms with van der Waals surface area (Å²) in [7, 11) is 0. The maximum absolute atomic E-state index is 6.19. The number of nitrogens with two attached hydrogens (primary N) is 1. The molecular weight excluding hydrogens is 258 g/mol. The fourth-order valence-corrected chi connectivity index (χ4v) is 4.05. The average molecular weight is 283 g/mol. The van der Waals surface area contributed by atoms with Crippen LogP contribution in [0.3, 0.4) is 0 Å². The molecule has 2 aliphatic carbocycles. The number of para-hydroxylation sites is 2. The normalized spacial score (nSPS) is 21.8. The number of fused-ring (bicyclic) bond motifs is 1. The summed E-state index contributed by atoms with van der Waals surface area (Å²) in [6, 6.07) is 9.28. The van der Waals surface area contributed by atoms with Crippen molar-refractivity contribution in [3.8, 4) is 0 Å². The molecule has 2 saturated carbocycles. The number of aromatic nitrogens is 2. The van der Waals surface area contributed by atoms with Crippen LogP contribution in [0.2, 0.25) is 0 Å². The summed E-state index contributed by atoms with van der Waals surface area (Å²) in [4.78, 5) is 4.97. The van der Waals surface area contributed by atoms with Gasteiger partial charge >= 0.3 is 0 Å². The van der Waals surface area contributed by atoms with Crippen molar-refractivity contribution < 1.29 is 0 Å². The van der Waals surface area contributed by atoms with Crippen LogP contribution >= 0.6 is 0 Å². The van der Waals surface area contributed by atoms with E-state index in [0.29, 0.717) is 11.5 Å². The molecule has 1 aromatic heterocycles. The summed E-state index contributed by atoms with van der Waals surface area (Å²) in [6.45, 7) is 0.806. The zero-order valence-electron chi connectivity index (χ0n) is 12.7. The Bertz CT molecular complexity index is 633. The summed E-state index contributed by atoms with van der Waals surface area (Å²) in [5.41, 5.74) is 8.96. The Balaban J connectivity index is 1.73. The minimum Gasteiger partial charge on any atom is -0.330 e. The molecule has 0 unspecified atom stereocenters. The molecule has 0 aliphatic heterocycles. The third kappa shape index (κ3) is 2.38. The zero-order chi connectivity index (χ0) is 14.3. The van der Waals surface area contributed by atoms with Crippen LogP contribution < -0.4 is 5.73 Å². The highest BCUT2D eigenvalue weighted by atomic mass is 15.1. The minimum absolute atomic E-state index is 0.298. The SMILES string of the molecule is NCC1(Cc2nc3ccccc3n2C2CC2)CCCCC1. The quantitative estimate of drug-likeness (QED) is 0.927. The van der Waals surface area contributed by atoms with Gasteiger partial charge in [0.1, 0.15) is 5.82 Å². The summed E-state index contributed by atoms with van der Waals surface area (Å²) < 4.78 is 2.52. The molecule has 1 heterocycles. The van der Waals surface area contributed by atoms with Gasteiger partial charge < -0.3 is 10.3 Å². The van der Waals surface area contributed by atoms with Crippen molar-refractivity contribution in [2.45, 2.75) is 57.4 Å².